The minimum absolute atomic E-state index is 0.0437. The summed E-state index contributed by atoms with van der Waals surface area (Å²) in [6.07, 6.45) is 0.326. The fourth-order valence-corrected chi connectivity index (χ4v) is 2.99. The molecule has 31 heavy (non-hydrogen) atoms. The topological polar surface area (TPSA) is 67.4 Å². The molecule has 7 heteroatoms. The molecular formula is C24H22F2N2O3. The van der Waals surface area contributed by atoms with E-state index in [1.165, 1.54) is 12.1 Å². The van der Waals surface area contributed by atoms with Crippen molar-refractivity contribution in [1.29, 1.82) is 0 Å². The Balaban J connectivity index is 1.66. The van der Waals surface area contributed by atoms with Crippen molar-refractivity contribution in [2.45, 2.75) is 25.6 Å². The number of hydrogen-bond acceptors (Lipinski definition) is 3. The Bertz CT molecular complexity index is 981. The summed E-state index contributed by atoms with van der Waals surface area (Å²) < 4.78 is 28.8. The van der Waals surface area contributed by atoms with Gasteiger partial charge in [0.25, 0.3) is 5.91 Å². The number of ether oxygens (including phenoxy) is 1. The first kappa shape index (κ1) is 22.0. The van der Waals surface area contributed by atoms with Crippen LogP contribution in [0.2, 0.25) is 0 Å². The summed E-state index contributed by atoms with van der Waals surface area (Å²) in [5.41, 5.74) is 2.08. The van der Waals surface area contributed by atoms with E-state index in [1.807, 2.05) is 36.4 Å². The van der Waals surface area contributed by atoms with Gasteiger partial charge in [-0.05, 0) is 35.4 Å². The van der Waals surface area contributed by atoms with Gasteiger partial charge in [0, 0.05) is 18.5 Å². The predicted molar refractivity (Wildman–Crippen MR) is 113 cm³/mol. The zero-order chi connectivity index (χ0) is 22.1. The Kier molecular flexibility index (Phi) is 7.70. The number of nitrogens with one attached hydrogen (secondary N) is 2. The first-order valence-corrected chi connectivity index (χ1v) is 9.72. The molecule has 0 aliphatic rings. The van der Waals surface area contributed by atoms with Gasteiger partial charge in [-0.15, -0.1) is 0 Å². The van der Waals surface area contributed by atoms with E-state index in [0.717, 1.165) is 5.56 Å². The van der Waals surface area contributed by atoms with Crippen LogP contribution < -0.4 is 15.4 Å². The number of amides is 2. The van der Waals surface area contributed by atoms with Gasteiger partial charge >= 0.3 is 6.61 Å². The molecule has 0 saturated heterocycles. The van der Waals surface area contributed by atoms with Gasteiger partial charge in [-0.1, -0.05) is 60.7 Å². The monoisotopic (exact) mass is 424 g/mol. The number of halogens is 2. The summed E-state index contributed by atoms with van der Waals surface area (Å²) in [5, 5.41) is 5.59. The molecule has 5 nitrogen and oxygen atoms in total. The quantitative estimate of drug-likeness (QED) is 0.547. The van der Waals surface area contributed by atoms with Gasteiger partial charge in [-0.2, -0.15) is 8.78 Å². The van der Waals surface area contributed by atoms with Crippen LogP contribution in [0.4, 0.5) is 8.78 Å². The predicted octanol–water partition coefficient (Wildman–Crippen LogP) is 3.95. The van der Waals surface area contributed by atoms with E-state index in [-0.39, 0.29) is 24.1 Å². The van der Waals surface area contributed by atoms with E-state index in [1.54, 1.807) is 36.4 Å². The van der Waals surface area contributed by atoms with Gasteiger partial charge in [0.1, 0.15) is 11.8 Å². The fourth-order valence-electron chi connectivity index (χ4n) is 2.99. The Labute approximate surface area is 179 Å². The third kappa shape index (κ3) is 6.92. The molecule has 0 fully saturated rings. The smallest absolute Gasteiger partial charge is 0.387 e. The number of rotatable bonds is 9. The molecule has 3 rings (SSSR count). The summed E-state index contributed by atoms with van der Waals surface area (Å²) in [4.78, 5) is 25.4. The molecule has 0 bridgehead atoms. The lowest BCUT2D eigenvalue weighted by atomic mass is 10.0. The third-order valence-corrected chi connectivity index (χ3v) is 4.56. The number of benzene rings is 3. The van der Waals surface area contributed by atoms with E-state index < -0.39 is 12.7 Å². The van der Waals surface area contributed by atoms with E-state index in [2.05, 4.69) is 15.4 Å². The second-order valence-electron chi connectivity index (χ2n) is 6.82. The van der Waals surface area contributed by atoms with Gasteiger partial charge in [0.05, 0.1) is 0 Å². The van der Waals surface area contributed by atoms with E-state index in [0.29, 0.717) is 17.5 Å². The molecule has 0 aliphatic carbocycles. The number of carbonyl (C=O) groups is 2. The highest BCUT2D eigenvalue weighted by atomic mass is 19.3. The first-order chi connectivity index (χ1) is 15.0. The van der Waals surface area contributed by atoms with Gasteiger partial charge in [-0.25, -0.2) is 0 Å². The zero-order valence-corrected chi connectivity index (χ0v) is 16.6. The average molecular weight is 424 g/mol. The van der Waals surface area contributed by atoms with Crippen molar-refractivity contribution in [3.8, 4) is 5.75 Å². The Morgan fingerprint density at radius 2 is 1.42 bits per heavy atom. The molecule has 0 saturated carbocycles. The molecule has 2 amide bonds. The molecule has 1 unspecified atom stereocenters. The number of alkyl halides is 2. The van der Waals surface area contributed by atoms with Crippen molar-refractivity contribution in [1.82, 2.24) is 10.6 Å². The molecule has 3 aromatic carbocycles. The second kappa shape index (κ2) is 10.9. The lowest BCUT2D eigenvalue weighted by Gasteiger charge is -2.19. The Hall–Kier alpha value is -3.74. The van der Waals surface area contributed by atoms with Crippen LogP contribution in [0.15, 0.2) is 84.9 Å². The normalized spacial score (nSPS) is 11.6. The Morgan fingerprint density at radius 3 is 2.03 bits per heavy atom. The summed E-state index contributed by atoms with van der Waals surface area (Å²) in [6.45, 7) is -2.71. The van der Waals surface area contributed by atoms with Gasteiger partial charge in [0.2, 0.25) is 5.91 Å². The minimum Gasteiger partial charge on any atom is -0.435 e. The second-order valence-corrected chi connectivity index (χ2v) is 6.82. The summed E-state index contributed by atoms with van der Waals surface area (Å²) in [5.74, 6) is -0.645. The molecule has 3 aromatic rings. The van der Waals surface area contributed by atoms with Crippen LogP contribution in [0.25, 0.3) is 0 Å². The van der Waals surface area contributed by atoms with E-state index >= 15 is 0 Å². The molecular weight excluding hydrogens is 402 g/mol. The fraction of sp³-hybridized carbons (Fsp3) is 0.167. The van der Waals surface area contributed by atoms with Crippen molar-refractivity contribution in [2.24, 2.45) is 0 Å². The molecule has 160 valence electrons. The molecule has 2 N–H and O–H groups in total. The zero-order valence-electron chi connectivity index (χ0n) is 16.6. The van der Waals surface area contributed by atoms with Crippen LogP contribution >= 0.6 is 0 Å². The lowest BCUT2D eigenvalue weighted by Crippen LogP contribution is -2.47. The average Bonchev–Trinajstić information content (AvgIpc) is 2.79. The van der Waals surface area contributed by atoms with Crippen LogP contribution in [-0.4, -0.2) is 24.5 Å². The maximum atomic E-state index is 12.9. The summed E-state index contributed by atoms with van der Waals surface area (Å²) >= 11 is 0. The van der Waals surface area contributed by atoms with Crippen molar-refractivity contribution in [3.05, 3.63) is 102 Å². The number of hydrogen-bond donors (Lipinski definition) is 2. The van der Waals surface area contributed by atoms with Crippen LogP contribution in [0, 0.1) is 0 Å². The summed E-state index contributed by atoms with van der Waals surface area (Å²) in [6, 6.07) is 23.3. The molecule has 0 heterocycles. The van der Waals surface area contributed by atoms with E-state index in [9.17, 15) is 18.4 Å². The highest BCUT2D eigenvalue weighted by Gasteiger charge is 2.21. The SMILES string of the molecule is O=C(NC(Cc1ccccc1)C(=O)NCc1ccc(OC(F)F)cc1)c1ccccc1. The maximum Gasteiger partial charge on any atom is 0.387 e. The van der Waals surface area contributed by atoms with Gasteiger partial charge in [-0.3, -0.25) is 9.59 Å². The summed E-state index contributed by atoms with van der Waals surface area (Å²) in [7, 11) is 0. The number of carbonyl (C=O) groups excluding carboxylic acids is 2. The molecule has 0 aliphatic heterocycles. The Morgan fingerprint density at radius 1 is 0.806 bits per heavy atom. The molecule has 1 atom stereocenters. The standard InChI is InChI=1S/C24H22F2N2O3/c25-24(26)31-20-13-11-18(12-14-20)16-27-23(30)21(15-17-7-3-1-4-8-17)28-22(29)19-9-5-2-6-10-19/h1-14,21,24H,15-16H2,(H,27,30)(H,28,29). The van der Waals surface area contributed by atoms with Gasteiger partial charge in [0.15, 0.2) is 0 Å². The van der Waals surface area contributed by atoms with E-state index in [4.69, 9.17) is 0 Å². The van der Waals surface area contributed by atoms with Crippen LogP contribution in [-0.2, 0) is 17.8 Å². The van der Waals surface area contributed by atoms with Crippen molar-refractivity contribution in [3.63, 3.8) is 0 Å². The first-order valence-electron chi connectivity index (χ1n) is 9.72. The van der Waals surface area contributed by atoms with Crippen LogP contribution in [0.1, 0.15) is 21.5 Å². The maximum absolute atomic E-state index is 12.9. The molecule has 0 aromatic heterocycles. The van der Waals surface area contributed by atoms with Crippen molar-refractivity contribution in [2.75, 3.05) is 0 Å². The van der Waals surface area contributed by atoms with Crippen molar-refractivity contribution >= 4 is 11.8 Å². The van der Waals surface area contributed by atoms with Crippen LogP contribution in [0.3, 0.4) is 0 Å². The largest absolute Gasteiger partial charge is 0.435 e. The van der Waals surface area contributed by atoms with Crippen molar-refractivity contribution < 1.29 is 23.1 Å². The molecule has 0 radical (unpaired) electrons. The third-order valence-electron chi connectivity index (χ3n) is 4.56. The highest BCUT2D eigenvalue weighted by Crippen LogP contribution is 2.15. The van der Waals surface area contributed by atoms with Crippen LogP contribution in [0.5, 0.6) is 5.75 Å². The lowest BCUT2D eigenvalue weighted by molar-refractivity contribution is -0.123. The highest BCUT2D eigenvalue weighted by molar-refractivity contribution is 5.97. The van der Waals surface area contributed by atoms with Gasteiger partial charge < -0.3 is 15.4 Å². The molecule has 0 spiro atoms. The minimum atomic E-state index is -2.89.